The molecule has 1 aliphatic rings. The molecule has 74 heavy (non-hydrogen) atoms. The number of nitrogens with zero attached hydrogens (tertiary/aromatic N) is 2. The minimum Gasteiger partial charge on any atom is -0.457 e. The maximum Gasteiger partial charge on any atom is 0.127 e. The second kappa shape index (κ2) is 27.6. The Morgan fingerprint density at radius 1 is 0.392 bits per heavy atom. The highest BCUT2D eigenvalue weighted by Crippen LogP contribution is 2.66. The Morgan fingerprint density at radius 2 is 0.689 bits per heavy atom. The second-order valence-corrected chi connectivity index (χ2v) is 22.6. The van der Waals surface area contributed by atoms with Gasteiger partial charge in [0.1, 0.15) is 23.0 Å². The topological polar surface area (TPSA) is 66.0 Å². The maximum absolute atomic E-state index is 9.99. The van der Waals surface area contributed by atoms with Crippen LogP contribution in [0, 0.1) is 58.2 Å². The first-order valence-electron chi connectivity index (χ1n) is 27.9. The van der Waals surface area contributed by atoms with E-state index in [9.17, 15) is 10.5 Å². The predicted octanol–water partition coefficient (Wildman–Crippen LogP) is 20.0. The maximum atomic E-state index is 9.99. The van der Waals surface area contributed by atoms with Gasteiger partial charge in [-0.3, -0.25) is 0 Å². The smallest absolute Gasteiger partial charge is 0.127 e. The number of ether oxygens (including phenoxy) is 2. The van der Waals surface area contributed by atoms with Crippen LogP contribution in [0.1, 0.15) is 176 Å². The fourth-order valence-electron chi connectivity index (χ4n) is 11.1. The molecule has 0 saturated heterocycles. The summed E-state index contributed by atoms with van der Waals surface area (Å²) in [7, 11) is 0. The molecule has 4 heteroatoms. The lowest BCUT2D eigenvalue weighted by Crippen LogP contribution is -2.40. The van der Waals surface area contributed by atoms with Crippen LogP contribution in [0.4, 0.5) is 0 Å². The summed E-state index contributed by atoms with van der Waals surface area (Å²) >= 11 is 0. The zero-order valence-electron chi connectivity index (χ0n) is 45.6. The summed E-state index contributed by atoms with van der Waals surface area (Å²) in [6.45, 7) is 17.6. The van der Waals surface area contributed by atoms with Gasteiger partial charge in [-0.25, -0.2) is 0 Å². The van der Waals surface area contributed by atoms with Crippen LogP contribution in [-0.2, 0) is 0 Å². The van der Waals surface area contributed by atoms with Crippen LogP contribution in [0.3, 0.4) is 0 Å². The molecule has 4 atom stereocenters. The lowest BCUT2D eigenvalue weighted by atomic mass is 9.49. The third kappa shape index (κ3) is 15.2. The van der Waals surface area contributed by atoms with Crippen LogP contribution in [0.15, 0.2) is 182 Å². The monoisotopic (exact) mass is 983 g/mol. The van der Waals surface area contributed by atoms with Crippen LogP contribution in [0.5, 0.6) is 23.0 Å². The highest BCUT2D eigenvalue weighted by Gasteiger charge is 2.52. The van der Waals surface area contributed by atoms with E-state index in [1.165, 1.54) is 33.4 Å². The van der Waals surface area contributed by atoms with Gasteiger partial charge in [0.05, 0.1) is 12.1 Å². The number of hydrogen-bond donors (Lipinski definition) is 0. The minimum atomic E-state index is 0.0234. The Hall–Kier alpha value is -6.62. The molecule has 6 aromatic rings. The van der Waals surface area contributed by atoms with Crippen molar-refractivity contribution in [3.63, 3.8) is 0 Å². The molecule has 1 fully saturated rings. The van der Waals surface area contributed by atoms with Gasteiger partial charge in [-0.1, -0.05) is 189 Å². The van der Waals surface area contributed by atoms with E-state index < -0.39 is 0 Å². The molecule has 0 amide bonds. The number of allylic oxidation sites excluding steroid dienone is 4. The summed E-state index contributed by atoms with van der Waals surface area (Å²) < 4.78 is 13.0. The van der Waals surface area contributed by atoms with E-state index in [4.69, 9.17) is 9.47 Å². The average Bonchev–Trinajstić information content (AvgIpc) is 3.39. The summed E-state index contributed by atoms with van der Waals surface area (Å²) in [5.41, 5.74) is 7.82. The molecule has 384 valence electrons. The van der Waals surface area contributed by atoms with Gasteiger partial charge in [0.15, 0.2) is 0 Å². The molecule has 1 aliphatic carbocycles. The zero-order chi connectivity index (χ0) is 52.4. The van der Waals surface area contributed by atoms with Crippen LogP contribution < -0.4 is 9.47 Å². The van der Waals surface area contributed by atoms with Crippen molar-refractivity contribution in [1.29, 1.82) is 10.5 Å². The molecule has 0 N–H and O–H groups in total. The largest absolute Gasteiger partial charge is 0.457 e. The fourth-order valence-corrected chi connectivity index (χ4v) is 11.1. The Morgan fingerprint density at radius 3 is 0.973 bits per heavy atom. The average molecular weight is 983 g/mol. The van der Waals surface area contributed by atoms with Crippen molar-refractivity contribution < 1.29 is 9.47 Å². The Labute approximate surface area is 446 Å². The Balaban J connectivity index is 1.07. The molecule has 0 radical (unpaired) electrons. The Bertz CT molecular complexity index is 2520. The van der Waals surface area contributed by atoms with Gasteiger partial charge in [0, 0.05) is 11.8 Å². The van der Waals surface area contributed by atoms with Gasteiger partial charge in [-0.05, 0) is 192 Å². The molecule has 0 aliphatic heterocycles. The van der Waals surface area contributed by atoms with Crippen molar-refractivity contribution in [3.05, 3.63) is 215 Å². The van der Waals surface area contributed by atoms with Gasteiger partial charge < -0.3 is 9.47 Å². The van der Waals surface area contributed by atoms with Crippen molar-refractivity contribution in [2.24, 2.45) is 35.5 Å². The van der Waals surface area contributed by atoms with Gasteiger partial charge in [0.25, 0.3) is 0 Å². The van der Waals surface area contributed by atoms with Crippen molar-refractivity contribution in [2.75, 3.05) is 0 Å². The summed E-state index contributed by atoms with van der Waals surface area (Å²) in [5.74, 6) is 6.88. The second-order valence-electron chi connectivity index (χ2n) is 22.6. The summed E-state index contributed by atoms with van der Waals surface area (Å²) in [6, 6.07) is 62.0. The Kier molecular flexibility index (Phi) is 20.6. The van der Waals surface area contributed by atoms with Gasteiger partial charge in [-0.2, -0.15) is 10.5 Å². The van der Waals surface area contributed by atoms with E-state index in [0.717, 1.165) is 74.4 Å². The molecular weight excluding hydrogens is 901 g/mol. The number of benzene rings is 6. The molecule has 0 aromatic heterocycles. The van der Waals surface area contributed by atoms with E-state index in [1.807, 2.05) is 0 Å². The first-order chi connectivity index (χ1) is 35.9. The summed E-state index contributed by atoms with van der Waals surface area (Å²) in [5, 5.41) is 20.0. The first-order valence-corrected chi connectivity index (χ1v) is 27.9. The van der Waals surface area contributed by atoms with Crippen molar-refractivity contribution in [1.82, 2.24) is 0 Å². The highest BCUT2D eigenvalue weighted by atomic mass is 16.5. The van der Waals surface area contributed by atoms with Gasteiger partial charge >= 0.3 is 0 Å². The molecule has 4 nitrogen and oxygen atoms in total. The van der Waals surface area contributed by atoms with Crippen molar-refractivity contribution >= 4 is 0 Å². The molecule has 0 spiro atoms. The molecule has 7 rings (SSSR count). The lowest BCUT2D eigenvalue weighted by Gasteiger charge is -2.54. The number of rotatable bonds is 26. The minimum absolute atomic E-state index is 0.0234. The molecule has 0 heterocycles. The van der Waals surface area contributed by atoms with E-state index in [0.29, 0.717) is 35.5 Å². The van der Waals surface area contributed by atoms with Crippen LogP contribution >= 0.6 is 0 Å². The molecule has 0 bridgehead atoms. The van der Waals surface area contributed by atoms with E-state index >= 15 is 0 Å². The normalized spacial score (nSPS) is 18.3. The van der Waals surface area contributed by atoms with Crippen LogP contribution in [0.2, 0.25) is 0 Å². The van der Waals surface area contributed by atoms with E-state index in [2.05, 4.69) is 250 Å². The fraction of sp³-hybridized carbons (Fsp3) is 0.400. The van der Waals surface area contributed by atoms with Crippen LogP contribution in [-0.4, -0.2) is 0 Å². The van der Waals surface area contributed by atoms with E-state index in [-0.39, 0.29) is 35.5 Å². The molecular formula is C70H82N2O2. The number of hydrogen-bond acceptors (Lipinski definition) is 4. The number of nitriles is 2. The van der Waals surface area contributed by atoms with Crippen molar-refractivity contribution in [3.8, 4) is 35.1 Å². The lowest BCUT2D eigenvalue weighted by molar-refractivity contribution is 0.228. The molecule has 4 unspecified atom stereocenters. The predicted molar refractivity (Wildman–Crippen MR) is 308 cm³/mol. The highest BCUT2D eigenvalue weighted by molar-refractivity contribution is 5.50. The van der Waals surface area contributed by atoms with Crippen LogP contribution in [0.25, 0.3) is 0 Å². The first kappa shape index (κ1) is 55.1. The van der Waals surface area contributed by atoms with Crippen molar-refractivity contribution in [2.45, 2.75) is 142 Å². The zero-order valence-corrected chi connectivity index (χ0v) is 45.6. The third-order valence-electron chi connectivity index (χ3n) is 15.6. The quantitative estimate of drug-likeness (QED) is 0.0508. The molecule has 6 aromatic carbocycles. The standard InChI is InChI=1S/C70H82N2O2/c1-49(2)21-13-9-19-27-59(45-61(47-71)51(5)6)53-29-37-63(38-30-53)73-65-41-33-57(34-42-65)69-67(55-23-15-11-16-24-55)70(68(69)56-25-17-12-18-26-56)58-35-43-66(44-36-58)74-64-39-31-54(32-40-64)60(46-62(48-72)52(7)8)28-20-10-14-22-50(3)4/h9-18,23-26,29-44,49-52,59-62,67-70H,19-22,27-28,45-46H2,1-8H3/b13-9+,14-10+. The van der Waals surface area contributed by atoms with Gasteiger partial charge in [0.2, 0.25) is 0 Å². The van der Waals surface area contributed by atoms with E-state index in [1.54, 1.807) is 0 Å². The molecule has 1 saturated carbocycles. The van der Waals surface area contributed by atoms with Gasteiger partial charge in [-0.15, -0.1) is 0 Å². The SMILES string of the molecule is CC(C)C/C=C/CCC(CC(C#N)C(C)C)c1ccc(Oc2ccc(C3C(c4ccccc4)C(c4ccc(Oc5ccc(C(CC/C=C/CC(C)C)CC(C#N)C(C)C)cc5)cc4)C3c3ccccc3)cc2)cc1. The summed E-state index contributed by atoms with van der Waals surface area (Å²) in [6.07, 6.45) is 17.3. The summed E-state index contributed by atoms with van der Waals surface area (Å²) in [4.78, 5) is 0. The third-order valence-corrected chi connectivity index (χ3v) is 15.6.